The van der Waals surface area contributed by atoms with Crippen LogP contribution < -0.4 is 14.8 Å². The van der Waals surface area contributed by atoms with Gasteiger partial charge in [0.1, 0.15) is 22.6 Å². The Hall–Kier alpha value is -2.94. The summed E-state index contributed by atoms with van der Waals surface area (Å²) in [6.07, 6.45) is 2.44. The standard InChI is InChI=1S/C29H40N2O6/c1-5-36-24-18-23(19-25(37-6-2)26(24)21(4)32)20(3)31(28(35)30-29(15-16-29)27(33)34)17-11-10-14-22-12-8-7-9-13-22/h7-9,12-13,18-20,28,30,35H,5-6,10-11,14-17H2,1-4H3,(H,33,34)/t20-,28?/m1/s1. The number of aliphatic carboxylic acids is 1. The molecule has 1 unspecified atom stereocenters. The van der Waals surface area contributed by atoms with Gasteiger partial charge in [-0.05, 0) is 83.1 Å². The highest BCUT2D eigenvalue weighted by Gasteiger charge is 2.52. The van der Waals surface area contributed by atoms with Gasteiger partial charge >= 0.3 is 5.97 Å². The van der Waals surface area contributed by atoms with E-state index in [2.05, 4.69) is 17.4 Å². The average Bonchev–Trinajstić information content (AvgIpc) is 3.65. The molecule has 0 spiro atoms. The second kappa shape index (κ2) is 13.0. The van der Waals surface area contributed by atoms with Crippen LogP contribution in [0, 0.1) is 0 Å². The third-order valence-corrected chi connectivity index (χ3v) is 6.87. The van der Waals surface area contributed by atoms with Crippen molar-refractivity contribution < 1.29 is 29.3 Å². The number of carbonyl (C=O) groups is 2. The molecule has 2 aromatic carbocycles. The molecule has 0 saturated heterocycles. The van der Waals surface area contributed by atoms with Crippen molar-refractivity contribution in [1.82, 2.24) is 10.2 Å². The smallest absolute Gasteiger partial charge is 0.324 e. The number of ketones is 1. The molecular formula is C29H40N2O6. The Balaban J connectivity index is 1.86. The molecule has 2 aromatic rings. The lowest BCUT2D eigenvalue weighted by Crippen LogP contribution is -2.54. The largest absolute Gasteiger partial charge is 0.493 e. The van der Waals surface area contributed by atoms with Crippen molar-refractivity contribution in [3.8, 4) is 11.5 Å². The highest BCUT2D eigenvalue weighted by molar-refractivity contribution is 5.99. The van der Waals surface area contributed by atoms with Crippen molar-refractivity contribution in [3.63, 3.8) is 0 Å². The number of nitrogens with one attached hydrogen (secondary N) is 1. The van der Waals surface area contributed by atoms with Crippen LogP contribution >= 0.6 is 0 Å². The summed E-state index contributed by atoms with van der Waals surface area (Å²) in [7, 11) is 0. The number of hydrogen-bond acceptors (Lipinski definition) is 7. The first-order valence-electron chi connectivity index (χ1n) is 13.2. The number of carboxylic acid groups (broad SMARTS) is 1. The molecular weight excluding hydrogens is 472 g/mol. The molecule has 1 saturated carbocycles. The third kappa shape index (κ3) is 7.31. The van der Waals surface area contributed by atoms with Gasteiger partial charge in [-0.2, -0.15) is 0 Å². The molecule has 1 aliphatic rings. The number of aryl methyl sites for hydroxylation is 1. The van der Waals surface area contributed by atoms with E-state index in [9.17, 15) is 19.8 Å². The monoisotopic (exact) mass is 512 g/mol. The lowest BCUT2D eigenvalue weighted by molar-refractivity contribution is -0.144. The van der Waals surface area contributed by atoms with Crippen LogP contribution in [0.15, 0.2) is 42.5 Å². The van der Waals surface area contributed by atoms with Gasteiger partial charge in [-0.15, -0.1) is 0 Å². The van der Waals surface area contributed by atoms with Gasteiger partial charge in [0.2, 0.25) is 0 Å². The summed E-state index contributed by atoms with van der Waals surface area (Å²) in [5.41, 5.74) is 1.37. The van der Waals surface area contributed by atoms with Crippen LogP contribution in [-0.2, 0) is 11.2 Å². The van der Waals surface area contributed by atoms with Gasteiger partial charge in [0, 0.05) is 12.6 Å². The fourth-order valence-corrected chi connectivity index (χ4v) is 4.60. The van der Waals surface area contributed by atoms with Crippen molar-refractivity contribution >= 4 is 11.8 Å². The summed E-state index contributed by atoms with van der Waals surface area (Å²) in [5.74, 6) is -0.217. The number of aliphatic hydroxyl groups is 1. The Morgan fingerprint density at radius 2 is 1.65 bits per heavy atom. The summed E-state index contributed by atoms with van der Waals surface area (Å²) in [6.45, 7) is 8.46. The molecule has 0 radical (unpaired) electrons. The highest BCUT2D eigenvalue weighted by atomic mass is 16.5. The second-order valence-electron chi connectivity index (χ2n) is 9.58. The van der Waals surface area contributed by atoms with E-state index in [-0.39, 0.29) is 11.8 Å². The van der Waals surface area contributed by atoms with Crippen LogP contribution in [0.1, 0.15) is 80.9 Å². The van der Waals surface area contributed by atoms with Crippen molar-refractivity contribution in [2.24, 2.45) is 0 Å². The first kappa shape index (κ1) is 28.6. The molecule has 3 N–H and O–H groups in total. The van der Waals surface area contributed by atoms with Gasteiger partial charge in [0.05, 0.1) is 13.2 Å². The summed E-state index contributed by atoms with van der Waals surface area (Å²) in [4.78, 5) is 26.0. The molecule has 0 aromatic heterocycles. The summed E-state index contributed by atoms with van der Waals surface area (Å²) in [5, 5.41) is 23.8. The second-order valence-corrected chi connectivity index (χ2v) is 9.58. The zero-order valence-corrected chi connectivity index (χ0v) is 22.3. The number of nitrogens with zero attached hydrogens (tertiary/aromatic N) is 1. The minimum absolute atomic E-state index is 0.150. The molecule has 2 atom stereocenters. The molecule has 0 bridgehead atoms. The number of unbranched alkanes of at least 4 members (excludes halogenated alkanes) is 1. The van der Waals surface area contributed by atoms with Crippen LogP contribution in [-0.4, -0.2) is 58.5 Å². The Morgan fingerprint density at radius 3 is 2.14 bits per heavy atom. The van der Waals surface area contributed by atoms with Gasteiger partial charge in [0.15, 0.2) is 12.1 Å². The minimum atomic E-state index is -1.16. The Morgan fingerprint density at radius 1 is 1.05 bits per heavy atom. The maximum Gasteiger partial charge on any atom is 0.324 e. The van der Waals surface area contributed by atoms with Crippen LogP contribution in [0.4, 0.5) is 0 Å². The van der Waals surface area contributed by atoms with Crippen molar-refractivity contribution in [1.29, 1.82) is 0 Å². The molecule has 3 rings (SSSR count). The number of aliphatic hydroxyl groups excluding tert-OH is 1. The molecule has 202 valence electrons. The first-order chi connectivity index (χ1) is 17.7. The first-order valence-corrected chi connectivity index (χ1v) is 13.2. The molecule has 1 fully saturated rings. The molecule has 0 heterocycles. The predicted octanol–water partition coefficient (Wildman–Crippen LogP) is 4.56. The number of carbonyl (C=O) groups excluding carboxylic acids is 1. The number of rotatable bonds is 16. The molecule has 1 aliphatic carbocycles. The Labute approximate surface area is 219 Å². The van der Waals surface area contributed by atoms with Gasteiger partial charge in [0.25, 0.3) is 0 Å². The minimum Gasteiger partial charge on any atom is -0.493 e. The van der Waals surface area contributed by atoms with E-state index >= 15 is 0 Å². The maximum absolute atomic E-state index is 12.4. The van der Waals surface area contributed by atoms with E-state index in [1.165, 1.54) is 12.5 Å². The van der Waals surface area contributed by atoms with Gasteiger partial charge in [-0.1, -0.05) is 30.3 Å². The molecule has 0 aliphatic heterocycles. The predicted molar refractivity (Wildman–Crippen MR) is 142 cm³/mol. The zero-order chi connectivity index (χ0) is 27.0. The zero-order valence-electron chi connectivity index (χ0n) is 22.3. The highest BCUT2D eigenvalue weighted by Crippen LogP contribution is 2.38. The van der Waals surface area contributed by atoms with Gasteiger partial charge in [-0.25, -0.2) is 0 Å². The van der Waals surface area contributed by atoms with Crippen LogP contribution in [0.3, 0.4) is 0 Å². The van der Waals surface area contributed by atoms with E-state index in [1.807, 2.05) is 56.0 Å². The summed E-state index contributed by atoms with van der Waals surface area (Å²) in [6, 6.07) is 13.6. The van der Waals surface area contributed by atoms with Crippen molar-refractivity contribution in [2.45, 2.75) is 77.7 Å². The van der Waals surface area contributed by atoms with Crippen molar-refractivity contribution in [2.75, 3.05) is 19.8 Å². The number of carboxylic acids is 1. The quantitative estimate of drug-likeness (QED) is 0.171. The number of benzene rings is 2. The van der Waals surface area contributed by atoms with Gasteiger partial charge in [-0.3, -0.25) is 19.8 Å². The van der Waals surface area contributed by atoms with Crippen LogP contribution in [0.25, 0.3) is 0 Å². The maximum atomic E-state index is 12.4. The summed E-state index contributed by atoms with van der Waals surface area (Å²) >= 11 is 0. The molecule has 8 heteroatoms. The van der Waals surface area contributed by atoms with Crippen LogP contribution in [0.5, 0.6) is 11.5 Å². The SMILES string of the molecule is CCOc1cc([C@@H](C)N(CCCCc2ccccc2)C(O)NC2(C(=O)O)CC2)cc(OCC)c1C(C)=O. The van der Waals surface area contributed by atoms with E-state index in [4.69, 9.17) is 9.47 Å². The van der Waals surface area contributed by atoms with E-state index < -0.39 is 17.9 Å². The van der Waals surface area contributed by atoms with E-state index in [1.54, 1.807) is 0 Å². The molecule has 0 amide bonds. The molecule has 8 nitrogen and oxygen atoms in total. The van der Waals surface area contributed by atoms with Crippen molar-refractivity contribution in [3.05, 3.63) is 59.2 Å². The number of ether oxygens (including phenoxy) is 2. The Kier molecular flexibility index (Phi) is 10.1. The number of hydrogen-bond donors (Lipinski definition) is 3. The number of Topliss-reactive ketones (excluding diaryl/α,β-unsaturated/α-hetero) is 1. The third-order valence-electron chi connectivity index (χ3n) is 6.87. The lowest BCUT2D eigenvalue weighted by atomic mass is 10.00. The lowest BCUT2D eigenvalue weighted by Gasteiger charge is -2.36. The average molecular weight is 513 g/mol. The van der Waals surface area contributed by atoms with E-state index in [0.29, 0.717) is 49.7 Å². The topological polar surface area (TPSA) is 108 Å². The molecule has 37 heavy (non-hydrogen) atoms. The Bertz CT molecular complexity index is 1030. The van der Waals surface area contributed by atoms with Crippen LogP contribution in [0.2, 0.25) is 0 Å². The fraction of sp³-hybridized carbons (Fsp3) is 0.517. The normalized spacial score (nSPS) is 15.7. The van der Waals surface area contributed by atoms with Gasteiger partial charge < -0.3 is 19.7 Å². The fourth-order valence-electron chi connectivity index (χ4n) is 4.60. The summed E-state index contributed by atoms with van der Waals surface area (Å²) < 4.78 is 11.6. The van der Waals surface area contributed by atoms with E-state index in [0.717, 1.165) is 24.8 Å².